The molecule has 2 bridgehead atoms. The highest BCUT2D eigenvalue weighted by Gasteiger charge is 2.52. The van der Waals surface area contributed by atoms with Crippen molar-refractivity contribution < 1.29 is 14.7 Å². The second kappa shape index (κ2) is 2.92. The minimum atomic E-state index is -0.680. The first-order chi connectivity index (χ1) is 6.63. The van der Waals surface area contributed by atoms with Gasteiger partial charge in [-0.25, -0.2) is 4.79 Å². The van der Waals surface area contributed by atoms with Gasteiger partial charge < -0.3 is 5.11 Å². The number of hydrogen-bond acceptors (Lipinski definition) is 3. The zero-order chi connectivity index (χ0) is 10.2. The number of aliphatic imine (C=N–C) groups is 1. The van der Waals surface area contributed by atoms with Crippen LogP contribution in [0.3, 0.4) is 0 Å². The van der Waals surface area contributed by atoms with E-state index in [2.05, 4.69) is 4.99 Å². The van der Waals surface area contributed by atoms with Gasteiger partial charge in [0.1, 0.15) is 0 Å². The van der Waals surface area contributed by atoms with Crippen LogP contribution in [0.4, 0.5) is 0 Å². The molecule has 76 valence electrons. The molecule has 0 heterocycles. The Kier molecular flexibility index (Phi) is 1.96. The average molecular weight is 195 g/mol. The van der Waals surface area contributed by atoms with E-state index in [-0.39, 0.29) is 5.54 Å². The Morgan fingerprint density at radius 2 is 1.64 bits per heavy atom. The number of carboxylic acids is 1. The molecule has 0 aromatic heterocycles. The second-order valence-corrected chi connectivity index (χ2v) is 4.51. The van der Waals surface area contributed by atoms with Gasteiger partial charge in [0.05, 0.1) is 11.0 Å². The molecule has 4 nitrogen and oxygen atoms in total. The number of carboxylic acid groups (broad SMARTS) is 1. The van der Waals surface area contributed by atoms with Crippen molar-refractivity contribution in [3.05, 3.63) is 0 Å². The number of carbonyl (C=O) groups is 1. The molecule has 3 saturated carbocycles. The molecule has 3 rings (SSSR count). The Labute approximate surface area is 82.0 Å². The molecule has 0 amide bonds. The first-order valence-electron chi connectivity index (χ1n) is 4.95. The number of rotatable bonds is 2. The third-order valence-corrected chi connectivity index (χ3v) is 3.94. The molecule has 4 heteroatoms. The van der Waals surface area contributed by atoms with Crippen molar-refractivity contribution in [2.45, 2.75) is 44.1 Å². The minimum Gasteiger partial charge on any atom is -0.481 e. The molecule has 3 aliphatic carbocycles. The number of fused-ring (bicyclic) bond motifs is 3. The van der Waals surface area contributed by atoms with Crippen LogP contribution in [-0.4, -0.2) is 22.7 Å². The summed E-state index contributed by atoms with van der Waals surface area (Å²) in [5, 5.41) is 9.12. The lowest BCUT2D eigenvalue weighted by molar-refractivity contribution is -0.155. The number of hydrogen-bond donors (Lipinski definition) is 1. The van der Waals surface area contributed by atoms with Crippen molar-refractivity contribution in [1.29, 1.82) is 0 Å². The van der Waals surface area contributed by atoms with Crippen molar-refractivity contribution in [2.24, 2.45) is 10.4 Å². The van der Waals surface area contributed by atoms with Crippen molar-refractivity contribution in [2.75, 3.05) is 0 Å². The summed E-state index contributed by atoms with van der Waals surface area (Å²) in [5.41, 5.74) is -0.779. The van der Waals surface area contributed by atoms with Crippen LogP contribution in [0, 0.1) is 5.41 Å². The van der Waals surface area contributed by atoms with E-state index in [4.69, 9.17) is 5.11 Å². The van der Waals surface area contributed by atoms with E-state index >= 15 is 0 Å². The highest BCUT2D eigenvalue weighted by Crippen LogP contribution is 2.53. The molecule has 3 aliphatic rings. The molecule has 0 spiro atoms. The smallest absolute Gasteiger partial charge is 0.309 e. The van der Waals surface area contributed by atoms with Crippen LogP contribution in [0.5, 0.6) is 0 Å². The fraction of sp³-hybridized carbons (Fsp3) is 0.800. The van der Waals surface area contributed by atoms with E-state index < -0.39 is 11.4 Å². The van der Waals surface area contributed by atoms with Crippen LogP contribution >= 0.6 is 0 Å². The fourth-order valence-electron chi connectivity index (χ4n) is 2.75. The van der Waals surface area contributed by atoms with Crippen LogP contribution in [0.1, 0.15) is 38.5 Å². The van der Waals surface area contributed by atoms with E-state index in [1.165, 1.54) is 0 Å². The minimum absolute atomic E-state index is 0.265. The monoisotopic (exact) mass is 195 g/mol. The molecule has 0 aliphatic heterocycles. The van der Waals surface area contributed by atoms with Crippen LogP contribution in [-0.2, 0) is 9.59 Å². The maximum atomic E-state index is 11.1. The normalized spacial score (nSPS) is 40.3. The summed E-state index contributed by atoms with van der Waals surface area (Å²) < 4.78 is 0. The second-order valence-electron chi connectivity index (χ2n) is 4.51. The summed E-state index contributed by atoms with van der Waals surface area (Å²) in [5.74, 6) is -0.680. The van der Waals surface area contributed by atoms with Crippen LogP contribution in [0.15, 0.2) is 4.99 Å². The van der Waals surface area contributed by atoms with Crippen LogP contribution in [0.25, 0.3) is 0 Å². The van der Waals surface area contributed by atoms with Gasteiger partial charge in [0, 0.05) is 0 Å². The summed E-state index contributed by atoms with van der Waals surface area (Å²) in [6.45, 7) is 0. The molecule has 3 fully saturated rings. The largest absolute Gasteiger partial charge is 0.481 e. The SMILES string of the molecule is O=C=NC12CCC(C(=O)O)(CC1)CC2. The molecular formula is C10H13NO3. The van der Waals surface area contributed by atoms with Gasteiger partial charge >= 0.3 is 5.97 Å². The van der Waals surface area contributed by atoms with E-state index in [1.807, 2.05) is 0 Å². The maximum absolute atomic E-state index is 11.1. The molecule has 0 aromatic rings. The summed E-state index contributed by atoms with van der Waals surface area (Å²) in [6.07, 6.45) is 5.80. The summed E-state index contributed by atoms with van der Waals surface area (Å²) in [7, 11) is 0. The third-order valence-electron chi connectivity index (χ3n) is 3.94. The van der Waals surface area contributed by atoms with Gasteiger partial charge in [0.25, 0.3) is 0 Å². The van der Waals surface area contributed by atoms with Crippen molar-refractivity contribution >= 4 is 12.0 Å². The Morgan fingerprint density at radius 3 is 2.00 bits per heavy atom. The van der Waals surface area contributed by atoms with E-state index in [1.54, 1.807) is 6.08 Å². The zero-order valence-electron chi connectivity index (χ0n) is 7.95. The Bertz CT molecular complexity index is 275. The number of isocyanates is 1. The first-order valence-corrected chi connectivity index (χ1v) is 4.95. The zero-order valence-corrected chi connectivity index (χ0v) is 7.95. The Balaban J connectivity index is 2.20. The molecule has 14 heavy (non-hydrogen) atoms. The summed E-state index contributed by atoms with van der Waals surface area (Å²) in [6, 6.07) is 0. The molecule has 0 atom stereocenters. The van der Waals surface area contributed by atoms with E-state index in [0.717, 1.165) is 19.3 Å². The Hall–Kier alpha value is -1.15. The third kappa shape index (κ3) is 1.18. The van der Waals surface area contributed by atoms with Gasteiger partial charge in [0.2, 0.25) is 6.08 Å². The van der Waals surface area contributed by atoms with Gasteiger partial charge in [-0.15, -0.1) is 0 Å². The van der Waals surface area contributed by atoms with Crippen molar-refractivity contribution in [3.63, 3.8) is 0 Å². The fourth-order valence-corrected chi connectivity index (χ4v) is 2.75. The number of aliphatic carboxylic acids is 1. The van der Waals surface area contributed by atoms with E-state index in [0.29, 0.717) is 19.3 Å². The quantitative estimate of drug-likeness (QED) is 0.536. The van der Waals surface area contributed by atoms with Gasteiger partial charge in [-0.3, -0.25) is 4.79 Å². The van der Waals surface area contributed by atoms with Gasteiger partial charge in [-0.1, -0.05) is 0 Å². The van der Waals surface area contributed by atoms with Crippen LogP contribution < -0.4 is 0 Å². The van der Waals surface area contributed by atoms with Gasteiger partial charge in [-0.05, 0) is 38.5 Å². The molecule has 0 aromatic carbocycles. The summed E-state index contributed by atoms with van der Waals surface area (Å²) >= 11 is 0. The first kappa shape index (κ1) is 9.41. The lowest BCUT2D eigenvalue weighted by Crippen LogP contribution is -2.48. The van der Waals surface area contributed by atoms with Crippen molar-refractivity contribution in [3.8, 4) is 0 Å². The maximum Gasteiger partial charge on any atom is 0.309 e. The molecule has 0 saturated heterocycles. The standard InChI is InChI=1S/C10H13NO3/c12-7-11-10-4-1-9(2-5-10,3-6-10)8(13)14/h1-6H2,(H,13,14). The van der Waals surface area contributed by atoms with Crippen LogP contribution in [0.2, 0.25) is 0 Å². The number of carbonyl (C=O) groups excluding carboxylic acids is 1. The Morgan fingerprint density at radius 1 is 1.14 bits per heavy atom. The van der Waals surface area contributed by atoms with Gasteiger partial charge in [0.15, 0.2) is 0 Å². The van der Waals surface area contributed by atoms with E-state index in [9.17, 15) is 9.59 Å². The highest BCUT2D eigenvalue weighted by atomic mass is 16.4. The van der Waals surface area contributed by atoms with Crippen molar-refractivity contribution in [1.82, 2.24) is 0 Å². The molecule has 0 unspecified atom stereocenters. The van der Waals surface area contributed by atoms with Gasteiger partial charge in [-0.2, -0.15) is 4.99 Å². The lowest BCUT2D eigenvalue weighted by Gasteiger charge is -2.48. The lowest BCUT2D eigenvalue weighted by atomic mass is 9.57. The average Bonchev–Trinajstić information content (AvgIpc) is 2.20. The molecule has 0 radical (unpaired) electrons. The highest BCUT2D eigenvalue weighted by molar-refractivity contribution is 5.75. The molecular weight excluding hydrogens is 182 g/mol. The summed E-state index contributed by atoms with van der Waals surface area (Å²) in [4.78, 5) is 25.2. The molecule has 1 N–H and O–H groups in total. The topological polar surface area (TPSA) is 66.7 Å². The predicted molar refractivity (Wildman–Crippen MR) is 48.6 cm³/mol. The number of nitrogens with zero attached hydrogens (tertiary/aromatic N) is 1. The predicted octanol–water partition coefficient (Wildman–Crippen LogP) is 1.50.